The van der Waals surface area contributed by atoms with Crippen molar-refractivity contribution in [3.63, 3.8) is 0 Å². The van der Waals surface area contributed by atoms with Gasteiger partial charge in [0.15, 0.2) is 0 Å². The fraction of sp³-hybridized carbons (Fsp3) is 0.298. The molecule has 0 heterocycles. The number of hydrogen-bond donors (Lipinski definition) is 0. The van der Waals surface area contributed by atoms with Crippen LogP contribution in [0.25, 0.3) is 22.3 Å². The Balaban J connectivity index is 0.00000216. The van der Waals surface area contributed by atoms with Gasteiger partial charge in [-0.05, 0) is 0 Å². The summed E-state index contributed by atoms with van der Waals surface area (Å²) in [7, 11) is 0. The molecule has 0 bridgehead atoms. The first-order valence-electron chi connectivity index (χ1n) is 17.8. The van der Waals surface area contributed by atoms with Gasteiger partial charge in [0.1, 0.15) is 0 Å². The molecule has 0 saturated carbocycles. The van der Waals surface area contributed by atoms with Crippen LogP contribution in [0.1, 0.15) is 115 Å². The molecule has 0 nitrogen and oxygen atoms in total. The molecule has 254 valence electrons. The van der Waals surface area contributed by atoms with E-state index in [0.717, 1.165) is 0 Å². The van der Waals surface area contributed by atoms with E-state index < -0.39 is 21.3 Å². The second-order valence-corrected chi connectivity index (χ2v) is 22.4. The summed E-state index contributed by atoms with van der Waals surface area (Å²) in [6.45, 7) is 23.4. The third-order valence-corrected chi connectivity index (χ3v) is 20.3. The third kappa shape index (κ3) is 5.81. The van der Waals surface area contributed by atoms with Crippen molar-refractivity contribution in [1.82, 2.24) is 0 Å². The van der Waals surface area contributed by atoms with Crippen molar-refractivity contribution in [3.8, 4) is 11.1 Å². The van der Waals surface area contributed by atoms with Gasteiger partial charge in [0, 0.05) is 0 Å². The van der Waals surface area contributed by atoms with Crippen LogP contribution in [0, 0.1) is 19.8 Å². The number of halogens is 2. The summed E-state index contributed by atoms with van der Waals surface area (Å²) >= 11 is -2.88. The van der Waals surface area contributed by atoms with Gasteiger partial charge in [-0.2, -0.15) is 0 Å². The Labute approximate surface area is 320 Å². The van der Waals surface area contributed by atoms with Crippen molar-refractivity contribution < 1.29 is 46.1 Å². The van der Waals surface area contributed by atoms with Crippen molar-refractivity contribution in [3.05, 3.63) is 162 Å². The first-order chi connectivity index (χ1) is 22.7. The third-order valence-electron chi connectivity index (χ3n) is 11.6. The van der Waals surface area contributed by atoms with Gasteiger partial charge in [0.05, 0.1) is 0 Å². The van der Waals surface area contributed by atoms with E-state index in [4.69, 9.17) is 0 Å². The maximum absolute atomic E-state index is 2.88. The minimum absolute atomic E-state index is 0. The topological polar surface area (TPSA) is 0 Å². The van der Waals surface area contributed by atoms with Crippen molar-refractivity contribution >= 4 is 14.4 Å². The molecule has 0 fully saturated rings. The van der Waals surface area contributed by atoms with E-state index in [0.29, 0.717) is 9.54 Å². The molecular weight excluding hydrogens is 727 g/mol. The molecule has 3 heteroatoms. The molecule has 4 aliphatic rings. The Morgan fingerprint density at radius 1 is 0.580 bits per heavy atom. The van der Waals surface area contributed by atoms with Gasteiger partial charge in [-0.15, -0.1) is 0 Å². The molecule has 1 unspecified atom stereocenters. The van der Waals surface area contributed by atoms with Crippen molar-refractivity contribution in [1.29, 1.82) is 0 Å². The number of fused-ring (bicyclic) bond motifs is 5. The predicted octanol–water partition coefficient (Wildman–Crippen LogP) is 6.14. The zero-order chi connectivity index (χ0) is 33.9. The average Bonchev–Trinajstić information content (AvgIpc) is 3.67. The molecular formula is C47H48Cl2Zr. The molecule has 4 aromatic carbocycles. The second-order valence-electron chi connectivity index (χ2n) is 16.3. The van der Waals surface area contributed by atoms with Crippen LogP contribution >= 0.6 is 0 Å². The van der Waals surface area contributed by atoms with Crippen LogP contribution in [0.4, 0.5) is 0 Å². The molecule has 4 aliphatic carbocycles. The average molecular weight is 775 g/mol. The molecule has 0 N–H and O–H groups in total. The molecule has 0 aliphatic heterocycles. The van der Waals surface area contributed by atoms with Crippen molar-refractivity contribution in [2.24, 2.45) is 5.92 Å². The summed E-state index contributed by atoms with van der Waals surface area (Å²) in [5, 5.41) is 0. The maximum Gasteiger partial charge on any atom is -1.00 e. The Hall–Kier alpha value is -2.83. The van der Waals surface area contributed by atoms with Crippen LogP contribution in [0.15, 0.2) is 106 Å². The normalized spacial score (nSPS) is 18.6. The van der Waals surface area contributed by atoms with Crippen LogP contribution in [0.2, 0.25) is 0 Å². The van der Waals surface area contributed by atoms with Crippen LogP contribution < -0.4 is 24.8 Å². The Kier molecular flexibility index (Phi) is 9.60. The summed E-state index contributed by atoms with van der Waals surface area (Å²) in [5.74, 6) is 0.447. The van der Waals surface area contributed by atoms with Crippen molar-refractivity contribution in [2.75, 3.05) is 0 Å². The largest absolute Gasteiger partial charge is 1.00 e. The van der Waals surface area contributed by atoms with Crippen LogP contribution in [-0.4, -0.2) is 3.21 Å². The van der Waals surface area contributed by atoms with E-state index in [2.05, 4.69) is 166 Å². The molecule has 0 aromatic heterocycles. The maximum atomic E-state index is 2.67. The number of allylic oxidation sites excluding steroid dienone is 8. The first kappa shape index (κ1) is 36.9. The van der Waals surface area contributed by atoms with Gasteiger partial charge >= 0.3 is 298 Å². The standard InChI is InChI=1S/C25H25.C15H14.C7H9.2ClH.Zr/c1-14-12-24(3,4)22-8-16-7-17-9-23-19(15(2)13-25(23,5)6)11-21(17)20(16)10-18(14)22;1-12-3-7-14(8-4-12)11-15-9-5-13(2)6-10-15;1-6-3-4-7(2)5-6;;;/h7-13H,1-6H3;3-10H,1-2H3;3,5,7H,1-2H3;2*1H;/q;;;;;+2/p-2. The van der Waals surface area contributed by atoms with E-state index in [9.17, 15) is 0 Å². The van der Waals surface area contributed by atoms with Crippen molar-refractivity contribution in [2.45, 2.75) is 83.7 Å². The SMILES string of the molecule is CC1=CC(C)[C]([Zr+2](=[C](c2ccc(C)cc2)c2ccc(C)cc2)[CH]2c3cc4c(cc3-c3cc5c(cc32)C(C)(C)C=C5C)C(C)=CC4(C)C)=C1.[Cl-].[Cl-]. The number of hydrogen-bond acceptors (Lipinski definition) is 0. The zero-order valence-corrected chi connectivity index (χ0v) is 35.1. The first-order valence-corrected chi connectivity index (χ1v) is 21.7. The van der Waals surface area contributed by atoms with E-state index >= 15 is 0 Å². The van der Waals surface area contributed by atoms with Gasteiger partial charge in [0.2, 0.25) is 0 Å². The van der Waals surface area contributed by atoms with Gasteiger partial charge in [-0.25, -0.2) is 0 Å². The summed E-state index contributed by atoms with van der Waals surface area (Å²) in [4.78, 5) is 0. The number of benzene rings is 4. The molecule has 0 amide bonds. The van der Waals surface area contributed by atoms with Gasteiger partial charge in [0.25, 0.3) is 0 Å². The Morgan fingerprint density at radius 3 is 1.38 bits per heavy atom. The summed E-state index contributed by atoms with van der Waals surface area (Å²) in [6.07, 6.45) is 10.1. The molecule has 8 rings (SSSR count). The van der Waals surface area contributed by atoms with Crippen LogP contribution in [0.3, 0.4) is 0 Å². The van der Waals surface area contributed by atoms with Gasteiger partial charge in [-0.1, -0.05) is 0 Å². The molecule has 0 spiro atoms. The smallest absolute Gasteiger partial charge is 1.00 e. The van der Waals surface area contributed by atoms with Crippen LogP contribution in [0.5, 0.6) is 0 Å². The predicted molar refractivity (Wildman–Crippen MR) is 204 cm³/mol. The monoisotopic (exact) mass is 772 g/mol. The number of aryl methyl sites for hydroxylation is 2. The summed E-state index contributed by atoms with van der Waals surface area (Å²) in [5.41, 5.74) is 21.7. The van der Waals surface area contributed by atoms with Gasteiger partial charge in [-0.3, -0.25) is 0 Å². The van der Waals surface area contributed by atoms with E-state index in [-0.39, 0.29) is 35.6 Å². The minimum atomic E-state index is -2.88. The summed E-state index contributed by atoms with van der Waals surface area (Å²) in [6, 6.07) is 29.5. The quantitative estimate of drug-likeness (QED) is 0.234. The van der Waals surface area contributed by atoms with Gasteiger partial charge < -0.3 is 24.8 Å². The molecule has 4 aromatic rings. The number of rotatable bonds is 4. The zero-order valence-electron chi connectivity index (χ0n) is 31.1. The minimum Gasteiger partial charge on any atom is -1.00 e. The summed E-state index contributed by atoms with van der Waals surface area (Å²) < 4.78 is 3.73. The Morgan fingerprint density at radius 2 is 1.00 bits per heavy atom. The molecule has 1 atom stereocenters. The molecule has 0 saturated heterocycles. The van der Waals surface area contributed by atoms with E-state index in [1.54, 1.807) is 17.6 Å². The second kappa shape index (κ2) is 13.0. The fourth-order valence-electron chi connectivity index (χ4n) is 9.37. The Bertz CT molecular complexity index is 2080. The molecule has 0 radical (unpaired) electrons. The molecule has 50 heavy (non-hydrogen) atoms. The fourth-order valence-corrected chi connectivity index (χ4v) is 19.0. The van der Waals surface area contributed by atoms with Crippen LogP contribution in [-0.2, 0) is 32.1 Å². The van der Waals surface area contributed by atoms with E-state index in [1.165, 1.54) is 72.4 Å². The van der Waals surface area contributed by atoms with E-state index in [1.807, 2.05) is 0 Å².